The van der Waals surface area contributed by atoms with Gasteiger partial charge >= 0.3 is 0 Å². The zero-order valence-electron chi connectivity index (χ0n) is 18.0. The molecule has 0 unspecified atom stereocenters. The third kappa shape index (κ3) is 5.06. The summed E-state index contributed by atoms with van der Waals surface area (Å²) in [6, 6.07) is 24.4. The lowest BCUT2D eigenvalue weighted by Crippen LogP contribution is -2.27. The smallest absolute Gasteiger partial charge is 0.270 e. The molecule has 174 valence electrons. The molecule has 0 radical (unpaired) electrons. The molecule has 35 heavy (non-hydrogen) atoms. The van der Waals surface area contributed by atoms with Gasteiger partial charge in [-0.25, -0.2) is 0 Å². The maximum Gasteiger partial charge on any atom is 0.270 e. The molecule has 3 nitrogen and oxygen atoms in total. The van der Waals surface area contributed by atoms with E-state index in [1.54, 1.807) is 18.2 Å². The van der Waals surface area contributed by atoms with Gasteiger partial charge in [-0.15, -0.1) is 0 Å². The van der Waals surface area contributed by atoms with Gasteiger partial charge < -0.3 is 4.74 Å². The number of benzene rings is 4. The Balaban J connectivity index is 1.52. The number of fused-ring (bicyclic) bond motifs is 1. The number of carbonyl (C=O) groups excluding carboxylic acids is 1. The molecule has 0 aliphatic carbocycles. The summed E-state index contributed by atoms with van der Waals surface area (Å²) < 4.78 is 6.62. The number of halogens is 3. The van der Waals surface area contributed by atoms with E-state index in [0.29, 0.717) is 42.3 Å². The summed E-state index contributed by atoms with van der Waals surface area (Å²) in [6.07, 6.45) is 1.84. The van der Waals surface area contributed by atoms with Crippen molar-refractivity contribution in [2.24, 2.45) is 0 Å². The molecule has 4 aromatic carbocycles. The van der Waals surface area contributed by atoms with Crippen LogP contribution >= 0.6 is 58.8 Å². The third-order valence-electron chi connectivity index (χ3n) is 5.47. The molecular weight excluding hydrogens is 541 g/mol. The molecule has 1 aliphatic heterocycles. The van der Waals surface area contributed by atoms with E-state index in [0.717, 1.165) is 21.9 Å². The van der Waals surface area contributed by atoms with E-state index >= 15 is 0 Å². The lowest BCUT2D eigenvalue weighted by atomic mass is 10.0. The number of nitrogens with zero attached hydrogens (tertiary/aromatic N) is 1. The molecule has 0 bridgehead atoms. The zero-order valence-corrected chi connectivity index (χ0v) is 21.9. The highest BCUT2D eigenvalue weighted by molar-refractivity contribution is 8.27. The predicted molar refractivity (Wildman–Crippen MR) is 152 cm³/mol. The van der Waals surface area contributed by atoms with Crippen LogP contribution in [0.4, 0.5) is 5.69 Å². The molecule has 0 saturated carbocycles. The average Bonchev–Trinajstić information content (AvgIpc) is 3.14. The predicted octanol–water partition coefficient (Wildman–Crippen LogP) is 8.78. The van der Waals surface area contributed by atoms with Crippen LogP contribution in [0.2, 0.25) is 15.1 Å². The topological polar surface area (TPSA) is 29.5 Å². The molecule has 1 saturated heterocycles. The van der Waals surface area contributed by atoms with Crippen LogP contribution < -0.4 is 9.64 Å². The van der Waals surface area contributed by atoms with Crippen LogP contribution in [-0.2, 0) is 11.4 Å². The maximum absolute atomic E-state index is 13.4. The van der Waals surface area contributed by atoms with Crippen LogP contribution in [0.3, 0.4) is 0 Å². The number of carbonyl (C=O) groups is 1. The lowest BCUT2D eigenvalue weighted by Gasteiger charge is -2.15. The number of rotatable bonds is 5. The van der Waals surface area contributed by atoms with Gasteiger partial charge in [0.15, 0.2) is 4.32 Å². The summed E-state index contributed by atoms with van der Waals surface area (Å²) in [7, 11) is 0. The normalized spacial score (nSPS) is 14.8. The van der Waals surface area contributed by atoms with Gasteiger partial charge in [0, 0.05) is 10.6 Å². The Hall–Kier alpha value is -2.54. The SMILES string of the molecule is O=C1/C(=C/c2c(OCc3ccc(Cl)cc3)ccc3ccccc23)SC(=S)N1c1ccc(Cl)c(Cl)c1. The monoisotopic (exact) mass is 555 g/mol. The van der Waals surface area contributed by atoms with Crippen molar-refractivity contribution < 1.29 is 9.53 Å². The minimum Gasteiger partial charge on any atom is -0.488 e. The summed E-state index contributed by atoms with van der Waals surface area (Å²) in [5, 5.41) is 3.45. The Bertz CT molecular complexity index is 1500. The molecule has 5 rings (SSSR count). The molecule has 1 fully saturated rings. The van der Waals surface area contributed by atoms with Crippen LogP contribution in [0.25, 0.3) is 16.8 Å². The van der Waals surface area contributed by atoms with Crippen molar-refractivity contribution in [3.63, 3.8) is 0 Å². The largest absolute Gasteiger partial charge is 0.488 e. The van der Waals surface area contributed by atoms with Crippen LogP contribution in [0, 0.1) is 0 Å². The van der Waals surface area contributed by atoms with Crippen molar-refractivity contribution >= 4 is 91.5 Å². The van der Waals surface area contributed by atoms with Gasteiger partial charge in [-0.1, -0.05) is 101 Å². The molecule has 1 amide bonds. The van der Waals surface area contributed by atoms with E-state index in [9.17, 15) is 4.79 Å². The summed E-state index contributed by atoms with van der Waals surface area (Å²) in [5.74, 6) is 0.438. The lowest BCUT2D eigenvalue weighted by molar-refractivity contribution is -0.113. The van der Waals surface area contributed by atoms with Gasteiger partial charge in [0.25, 0.3) is 5.91 Å². The van der Waals surface area contributed by atoms with Crippen molar-refractivity contribution in [1.82, 2.24) is 0 Å². The van der Waals surface area contributed by atoms with E-state index in [2.05, 4.69) is 0 Å². The van der Waals surface area contributed by atoms with Gasteiger partial charge in [-0.3, -0.25) is 9.69 Å². The molecule has 8 heteroatoms. The summed E-state index contributed by atoms with van der Waals surface area (Å²) >= 11 is 25.0. The maximum atomic E-state index is 13.4. The van der Waals surface area contributed by atoms with E-state index in [1.807, 2.05) is 66.7 Å². The first kappa shape index (κ1) is 24.2. The number of ether oxygens (including phenoxy) is 1. The van der Waals surface area contributed by atoms with Crippen LogP contribution in [0.15, 0.2) is 83.8 Å². The molecular formula is C27H16Cl3NO2S2. The number of anilines is 1. The number of thioether (sulfide) groups is 1. The Labute approximate surface area is 227 Å². The highest BCUT2D eigenvalue weighted by Gasteiger charge is 2.34. The molecule has 0 spiro atoms. The minimum atomic E-state index is -0.227. The van der Waals surface area contributed by atoms with E-state index < -0.39 is 0 Å². The van der Waals surface area contributed by atoms with Gasteiger partial charge in [-0.05, 0) is 58.8 Å². The van der Waals surface area contributed by atoms with Gasteiger partial charge in [-0.2, -0.15) is 0 Å². The van der Waals surface area contributed by atoms with Gasteiger partial charge in [0.1, 0.15) is 12.4 Å². The molecule has 0 atom stereocenters. The van der Waals surface area contributed by atoms with Gasteiger partial charge in [0.2, 0.25) is 0 Å². The van der Waals surface area contributed by atoms with E-state index in [1.165, 1.54) is 16.7 Å². The molecule has 1 heterocycles. The van der Waals surface area contributed by atoms with Crippen molar-refractivity contribution in [2.75, 3.05) is 4.90 Å². The average molecular weight is 557 g/mol. The Kier molecular flexibility index (Phi) is 7.05. The Morgan fingerprint density at radius 3 is 2.46 bits per heavy atom. The van der Waals surface area contributed by atoms with Gasteiger partial charge in [0.05, 0.1) is 20.6 Å². The number of amides is 1. The standard InChI is InChI=1S/C27H16Cl3NO2S2/c28-18-8-5-16(6-9-18)15-33-24-12-7-17-3-1-2-4-20(17)21(24)14-25-26(32)31(27(34)35-25)19-10-11-22(29)23(30)13-19/h1-14H,15H2/b25-14-. The molecule has 0 aromatic heterocycles. The number of hydrogen-bond acceptors (Lipinski definition) is 4. The minimum absolute atomic E-state index is 0.227. The highest BCUT2D eigenvalue weighted by Crippen LogP contribution is 2.40. The van der Waals surface area contributed by atoms with E-state index in [4.69, 9.17) is 51.8 Å². The fourth-order valence-corrected chi connectivity index (χ4v) is 5.44. The fraction of sp³-hybridized carbons (Fsp3) is 0.0370. The second-order valence-corrected chi connectivity index (χ2v) is 10.7. The van der Waals surface area contributed by atoms with Crippen LogP contribution in [0.5, 0.6) is 5.75 Å². The fourth-order valence-electron chi connectivity index (χ4n) is 3.74. The summed E-state index contributed by atoms with van der Waals surface area (Å²) in [6.45, 7) is 0.362. The first-order chi connectivity index (χ1) is 16.9. The molecule has 0 N–H and O–H groups in total. The Morgan fingerprint density at radius 1 is 0.914 bits per heavy atom. The van der Waals surface area contributed by atoms with Crippen molar-refractivity contribution in [1.29, 1.82) is 0 Å². The second-order valence-electron chi connectivity index (χ2n) is 7.73. The summed E-state index contributed by atoms with van der Waals surface area (Å²) in [4.78, 5) is 15.4. The van der Waals surface area contributed by atoms with E-state index in [-0.39, 0.29) is 5.91 Å². The van der Waals surface area contributed by atoms with Crippen molar-refractivity contribution in [2.45, 2.75) is 6.61 Å². The quantitative estimate of drug-likeness (QED) is 0.181. The highest BCUT2D eigenvalue weighted by atomic mass is 35.5. The molecule has 1 aliphatic rings. The summed E-state index contributed by atoms with van der Waals surface area (Å²) in [5.41, 5.74) is 2.37. The first-order valence-electron chi connectivity index (χ1n) is 10.5. The van der Waals surface area contributed by atoms with Crippen molar-refractivity contribution in [3.05, 3.63) is 110 Å². The molecule has 4 aromatic rings. The number of hydrogen-bond donors (Lipinski definition) is 0. The first-order valence-corrected chi connectivity index (χ1v) is 12.9. The Morgan fingerprint density at radius 2 is 1.69 bits per heavy atom. The van der Waals surface area contributed by atoms with Crippen LogP contribution in [0.1, 0.15) is 11.1 Å². The number of thiocarbonyl (C=S) groups is 1. The van der Waals surface area contributed by atoms with Crippen LogP contribution in [-0.4, -0.2) is 10.2 Å². The zero-order chi connectivity index (χ0) is 24.5. The third-order valence-corrected chi connectivity index (χ3v) is 7.76. The van der Waals surface area contributed by atoms with Crippen molar-refractivity contribution in [3.8, 4) is 5.75 Å². The second kappa shape index (κ2) is 10.2.